The van der Waals surface area contributed by atoms with Crippen molar-refractivity contribution in [3.63, 3.8) is 0 Å². The summed E-state index contributed by atoms with van der Waals surface area (Å²) in [6.07, 6.45) is 2.62. The van der Waals surface area contributed by atoms with E-state index < -0.39 is 17.9 Å². The number of hydrogen-bond acceptors (Lipinski definition) is 13. The van der Waals surface area contributed by atoms with Crippen LogP contribution in [0.25, 0.3) is 0 Å². The summed E-state index contributed by atoms with van der Waals surface area (Å²) in [7, 11) is 0. The Morgan fingerprint density at radius 1 is 0.583 bits per heavy atom. The van der Waals surface area contributed by atoms with Gasteiger partial charge < -0.3 is 48.5 Å². The highest BCUT2D eigenvalue weighted by atomic mass is 16.6. The normalized spacial score (nSPS) is 13.5. The molecule has 0 radical (unpaired) electrons. The highest BCUT2D eigenvalue weighted by molar-refractivity contribution is 6.13. The standard InChI is InChI=1S/C32H55N3O13/c1-26(2)32(27(3)36)34-29(38)7-10-41-12-14-43-16-18-45-20-22-47-24-25-48-23-21-46-19-17-44-15-13-42-11-8-33-28(37)6-9-35-30(39)4-5-31(35)40/h4-5,26,32H,6-25H2,1-3H3,(H,33,37)(H,34,38)/t32-/m0/s1. The van der Waals surface area contributed by atoms with Gasteiger partial charge in [0.25, 0.3) is 11.8 Å². The van der Waals surface area contributed by atoms with Gasteiger partial charge in [0.05, 0.1) is 112 Å². The van der Waals surface area contributed by atoms with Gasteiger partial charge in [-0.2, -0.15) is 0 Å². The third kappa shape index (κ3) is 23.5. The third-order valence-electron chi connectivity index (χ3n) is 6.53. The van der Waals surface area contributed by atoms with Crippen LogP contribution in [0.15, 0.2) is 12.2 Å². The van der Waals surface area contributed by atoms with E-state index in [2.05, 4.69) is 10.6 Å². The molecule has 0 aromatic heterocycles. The molecule has 0 aromatic rings. The maximum atomic E-state index is 11.9. The lowest BCUT2D eigenvalue weighted by Gasteiger charge is -2.19. The van der Waals surface area contributed by atoms with Crippen molar-refractivity contribution in [3.05, 3.63) is 12.2 Å². The zero-order chi connectivity index (χ0) is 35.2. The number of carbonyl (C=O) groups is 5. The molecule has 0 spiro atoms. The third-order valence-corrected chi connectivity index (χ3v) is 6.53. The average Bonchev–Trinajstić information content (AvgIpc) is 3.37. The number of carbonyl (C=O) groups excluding carboxylic acids is 5. The Morgan fingerprint density at radius 2 is 0.958 bits per heavy atom. The monoisotopic (exact) mass is 689 g/mol. The van der Waals surface area contributed by atoms with Crippen LogP contribution in [-0.4, -0.2) is 159 Å². The molecule has 1 rings (SSSR count). The summed E-state index contributed by atoms with van der Waals surface area (Å²) < 4.78 is 43.4. The molecular formula is C32H55N3O13. The van der Waals surface area contributed by atoms with Gasteiger partial charge in [-0.3, -0.25) is 28.9 Å². The highest BCUT2D eigenvalue weighted by Gasteiger charge is 2.23. The van der Waals surface area contributed by atoms with Crippen LogP contribution in [0.3, 0.4) is 0 Å². The van der Waals surface area contributed by atoms with Crippen molar-refractivity contribution < 1.29 is 61.9 Å². The van der Waals surface area contributed by atoms with E-state index in [0.29, 0.717) is 106 Å². The molecular weight excluding hydrogens is 634 g/mol. The summed E-state index contributed by atoms with van der Waals surface area (Å²) in [5, 5.41) is 5.40. The number of ketones is 1. The summed E-state index contributed by atoms with van der Waals surface area (Å²) in [4.78, 5) is 59.1. The summed E-state index contributed by atoms with van der Waals surface area (Å²) >= 11 is 0. The van der Waals surface area contributed by atoms with Crippen LogP contribution < -0.4 is 10.6 Å². The quantitative estimate of drug-likeness (QED) is 0.0675. The van der Waals surface area contributed by atoms with E-state index in [1.807, 2.05) is 13.8 Å². The number of nitrogens with one attached hydrogen (secondary N) is 2. The largest absolute Gasteiger partial charge is 0.379 e. The number of rotatable bonds is 33. The predicted octanol–water partition coefficient (Wildman–Crippen LogP) is -0.330. The molecule has 1 aliphatic rings. The molecule has 48 heavy (non-hydrogen) atoms. The molecule has 0 bridgehead atoms. The second-order valence-corrected chi connectivity index (χ2v) is 10.8. The minimum atomic E-state index is -0.465. The first-order valence-electron chi connectivity index (χ1n) is 16.4. The summed E-state index contributed by atoms with van der Waals surface area (Å²) in [5.41, 5.74) is 0. The lowest BCUT2D eigenvalue weighted by molar-refractivity contribution is -0.137. The molecule has 0 saturated heterocycles. The Morgan fingerprint density at radius 3 is 1.33 bits per heavy atom. The zero-order valence-corrected chi connectivity index (χ0v) is 28.7. The SMILES string of the molecule is CC(=O)[C@@H](NC(=O)CCOCCOCCOCCOCCOCCOCCOCCOCCNC(=O)CCN1C(=O)C=CC1=O)C(C)C. The van der Waals surface area contributed by atoms with Crippen LogP contribution >= 0.6 is 0 Å². The zero-order valence-electron chi connectivity index (χ0n) is 28.7. The molecule has 0 unspecified atom stereocenters. The van der Waals surface area contributed by atoms with E-state index in [1.54, 1.807) is 0 Å². The first-order valence-corrected chi connectivity index (χ1v) is 16.4. The van der Waals surface area contributed by atoms with E-state index in [4.69, 9.17) is 37.9 Å². The van der Waals surface area contributed by atoms with Gasteiger partial charge in [-0.25, -0.2) is 0 Å². The van der Waals surface area contributed by atoms with Crippen molar-refractivity contribution in [1.82, 2.24) is 15.5 Å². The minimum Gasteiger partial charge on any atom is -0.379 e. The molecule has 2 N–H and O–H groups in total. The van der Waals surface area contributed by atoms with Gasteiger partial charge >= 0.3 is 0 Å². The predicted molar refractivity (Wildman–Crippen MR) is 172 cm³/mol. The van der Waals surface area contributed by atoms with Crippen LogP contribution in [0.4, 0.5) is 0 Å². The van der Waals surface area contributed by atoms with Crippen molar-refractivity contribution >= 4 is 29.4 Å². The number of ether oxygens (including phenoxy) is 8. The first kappa shape index (κ1) is 43.2. The topological polar surface area (TPSA) is 186 Å². The van der Waals surface area contributed by atoms with E-state index in [1.165, 1.54) is 19.1 Å². The molecule has 16 nitrogen and oxygen atoms in total. The average molecular weight is 690 g/mol. The second kappa shape index (κ2) is 29.1. The molecule has 16 heteroatoms. The minimum absolute atomic E-state index is 0.0453. The van der Waals surface area contributed by atoms with Crippen molar-refractivity contribution in [3.8, 4) is 0 Å². The molecule has 0 aromatic carbocycles. The van der Waals surface area contributed by atoms with Gasteiger partial charge in [-0.1, -0.05) is 13.8 Å². The summed E-state index contributed by atoms with van der Waals surface area (Å²) in [6.45, 7) is 12.2. The van der Waals surface area contributed by atoms with Gasteiger partial charge in [0, 0.05) is 38.1 Å². The summed E-state index contributed by atoms with van der Waals surface area (Å²) in [5.74, 6) is -1.28. The van der Waals surface area contributed by atoms with E-state index in [9.17, 15) is 24.0 Å². The number of hydrogen-bond donors (Lipinski definition) is 2. The van der Waals surface area contributed by atoms with Crippen molar-refractivity contribution in [2.24, 2.45) is 5.92 Å². The number of nitrogens with zero attached hydrogens (tertiary/aromatic N) is 1. The Kier molecular flexibility index (Phi) is 26.2. The van der Waals surface area contributed by atoms with Gasteiger partial charge in [-0.15, -0.1) is 0 Å². The lowest BCUT2D eigenvalue weighted by Crippen LogP contribution is -2.43. The molecule has 0 aliphatic carbocycles. The molecule has 0 saturated carbocycles. The highest BCUT2D eigenvalue weighted by Crippen LogP contribution is 2.04. The Bertz CT molecular complexity index is 930. The molecule has 0 fully saturated rings. The molecule has 1 aliphatic heterocycles. The molecule has 1 atom stereocenters. The Labute approximate surface area is 283 Å². The fourth-order valence-electron chi connectivity index (χ4n) is 4.01. The van der Waals surface area contributed by atoms with Gasteiger partial charge in [0.2, 0.25) is 11.8 Å². The molecule has 4 amide bonds. The number of Topliss-reactive ketones (excluding diaryl/α,β-unsaturated/α-hetero) is 1. The first-order chi connectivity index (χ1) is 23.2. The molecule has 1 heterocycles. The smallest absolute Gasteiger partial charge is 0.253 e. The number of imide groups is 1. The van der Waals surface area contributed by atoms with Gasteiger partial charge in [-0.05, 0) is 12.8 Å². The van der Waals surface area contributed by atoms with Crippen molar-refractivity contribution in [2.45, 2.75) is 39.7 Å². The van der Waals surface area contributed by atoms with Crippen LogP contribution in [0.1, 0.15) is 33.6 Å². The van der Waals surface area contributed by atoms with Crippen LogP contribution in [0.5, 0.6) is 0 Å². The van der Waals surface area contributed by atoms with Crippen molar-refractivity contribution in [1.29, 1.82) is 0 Å². The van der Waals surface area contributed by atoms with Crippen molar-refractivity contribution in [2.75, 3.05) is 119 Å². The lowest BCUT2D eigenvalue weighted by atomic mass is 10.0. The maximum absolute atomic E-state index is 11.9. The van der Waals surface area contributed by atoms with E-state index in [0.717, 1.165) is 4.90 Å². The fourth-order valence-corrected chi connectivity index (χ4v) is 4.01. The van der Waals surface area contributed by atoms with Crippen LogP contribution in [0.2, 0.25) is 0 Å². The van der Waals surface area contributed by atoms with Gasteiger partial charge in [0.15, 0.2) is 5.78 Å². The Balaban J connectivity index is 1.71. The van der Waals surface area contributed by atoms with Crippen LogP contribution in [-0.2, 0) is 61.9 Å². The molecule has 276 valence electrons. The Hall–Kier alpha value is -2.83. The fraction of sp³-hybridized carbons (Fsp3) is 0.781. The van der Waals surface area contributed by atoms with Gasteiger partial charge in [0.1, 0.15) is 0 Å². The summed E-state index contributed by atoms with van der Waals surface area (Å²) in [6, 6.07) is -0.465. The number of amides is 4. The maximum Gasteiger partial charge on any atom is 0.253 e. The van der Waals surface area contributed by atoms with E-state index >= 15 is 0 Å². The van der Waals surface area contributed by atoms with Crippen LogP contribution in [0, 0.1) is 5.92 Å². The second-order valence-electron chi connectivity index (χ2n) is 10.8. The van der Waals surface area contributed by atoms with E-state index in [-0.39, 0.29) is 49.5 Å².